The third kappa shape index (κ3) is 1.79. The summed E-state index contributed by atoms with van der Waals surface area (Å²) < 4.78 is 6.97. The SMILES string of the molecule is COc1ccccc1-c1nn(C)cc1CO. The van der Waals surface area contributed by atoms with E-state index in [0.29, 0.717) is 0 Å². The Balaban J connectivity index is 2.57. The number of hydrogen-bond donors (Lipinski definition) is 1. The molecule has 0 aliphatic rings. The molecule has 0 amide bonds. The predicted molar refractivity (Wildman–Crippen MR) is 61.1 cm³/mol. The molecule has 1 aromatic carbocycles. The molecular formula is C12H14N2O2. The van der Waals surface area contributed by atoms with Crippen LogP contribution in [0.2, 0.25) is 0 Å². The fourth-order valence-electron chi connectivity index (χ4n) is 1.72. The van der Waals surface area contributed by atoms with E-state index >= 15 is 0 Å². The van der Waals surface area contributed by atoms with Crippen LogP contribution in [0.1, 0.15) is 5.56 Å². The van der Waals surface area contributed by atoms with Gasteiger partial charge in [-0.15, -0.1) is 0 Å². The molecule has 16 heavy (non-hydrogen) atoms. The molecule has 0 fully saturated rings. The Bertz CT molecular complexity index is 492. The highest BCUT2D eigenvalue weighted by Crippen LogP contribution is 2.30. The predicted octanol–water partition coefficient (Wildman–Crippen LogP) is 1.59. The van der Waals surface area contributed by atoms with E-state index < -0.39 is 0 Å². The van der Waals surface area contributed by atoms with Crippen molar-refractivity contribution in [3.05, 3.63) is 36.0 Å². The smallest absolute Gasteiger partial charge is 0.128 e. The third-order valence-electron chi connectivity index (χ3n) is 2.44. The Hall–Kier alpha value is -1.81. The Morgan fingerprint density at radius 1 is 1.38 bits per heavy atom. The highest BCUT2D eigenvalue weighted by Gasteiger charge is 2.12. The zero-order valence-electron chi connectivity index (χ0n) is 9.34. The summed E-state index contributed by atoms with van der Waals surface area (Å²) in [6.07, 6.45) is 1.81. The van der Waals surface area contributed by atoms with Crippen molar-refractivity contribution in [2.45, 2.75) is 6.61 Å². The van der Waals surface area contributed by atoms with E-state index in [4.69, 9.17) is 4.74 Å². The Morgan fingerprint density at radius 2 is 2.12 bits per heavy atom. The van der Waals surface area contributed by atoms with Crippen molar-refractivity contribution in [3.8, 4) is 17.0 Å². The number of ether oxygens (including phenoxy) is 1. The first-order valence-electron chi connectivity index (χ1n) is 5.03. The Labute approximate surface area is 94.1 Å². The van der Waals surface area contributed by atoms with Gasteiger partial charge in [0.25, 0.3) is 0 Å². The topological polar surface area (TPSA) is 47.3 Å². The van der Waals surface area contributed by atoms with Crippen molar-refractivity contribution in [3.63, 3.8) is 0 Å². The maximum absolute atomic E-state index is 9.26. The number of hydrogen-bond acceptors (Lipinski definition) is 3. The Morgan fingerprint density at radius 3 is 2.81 bits per heavy atom. The lowest BCUT2D eigenvalue weighted by Crippen LogP contribution is -1.92. The number of aromatic nitrogens is 2. The van der Waals surface area contributed by atoms with Gasteiger partial charge in [0.2, 0.25) is 0 Å². The molecule has 84 valence electrons. The number of aryl methyl sites for hydroxylation is 1. The summed E-state index contributed by atoms with van der Waals surface area (Å²) in [6.45, 7) is -0.0266. The van der Waals surface area contributed by atoms with Crippen molar-refractivity contribution in [1.29, 1.82) is 0 Å². The molecule has 4 nitrogen and oxygen atoms in total. The average molecular weight is 218 g/mol. The van der Waals surface area contributed by atoms with Crippen molar-refractivity contribution < 1.29 is 9.84 Å². The molecule has 0 bridgehead atoms. The van der Waals surface area contributed by atoms with Crippen LogP contribution in [0, 0.1) is 0 Å². The van der Waals surface area contributed by atoms with E-state index in [9.17, 15) is 5.11 Å². The van der Waals surface area contributed by atoms with Crippen LogP contribution in [0.5, 0.6) is 5.75 Å². The van der Waals surface area contributed by atoms with Crippen LogP contribution in [0.25, 0.3) is 11.3 Å². The molecular weight excluding hydrogens is 204 g/mol. The van der Waals surface area contributed by atoms with Crippen molar-refractivity contribution in [2.75, 3.05) is 7.11 Å². The fraction of sp³-hybridized carbons (Fsp3) is 0.250. The van der Waals surface area contributed by atoms with Crippen molar-refractivity contribution in [2.24, 2.45) is 7.05 Å². The molecule has 1 N–H and O–H groups in total. The van der Waals surface area contributed by atoms with Gasteiger partial charge in [-0.05, 0) is 12.1 Å². The van der Waals surface area contributed by atoms with Crippen molar-refractivity contribution in [1.82, 2.24) is 9.78 Å². The van der Waals surface area contributed by atoms with Gasteiger partial charge in [0, 0.05) is 24.4 Å². The van der Waals surface area contributed by atoms with Crippen LogP contribution in [0.3, 0.4) is 0 Å². The van der Waals surface area contributed by atoms with E-state index in [2.05, 4.69) is 5.10 Å². The summed E-state index contributed by atoms with van der Waals surface area (Å²) >= 11 is 0. The number of para-hydroxylation sites is 1. The zero-order valence-corrected chi connectivity index (χ0v) is 9.34. The average Bonchev–Trinajstić information content (AvgIpc) is 2.70. The maximum atomic E-state index is 9.26. The normalized spacial score (nSPS) is 10.4. The summed E-state index contributed by atoms with van der Waals surface area (Å²) in [5, 5.41) is 13.6. The lowest BCUT2D eigenvalue weighted by atomic mass is 10.1. The minimum atomic E-state index is -0.0266. The van der Waals surface area contributed by atoms with Gasteiger partial charge in [0.1, 0.15) is 11.4 Å². The van der Waals surface area contributed by atoms with E-state index in [-0.39, 0.29) is 6.61 Å². The van der Waals surface area contributed by atoms with Crippen LogP contribution < -0.4 is 4.74 Å². The monoisotopic (exact) mass is 218 g/mol. The van der Waals surface area contributed by atoms with Gasteiger partial charge in [-0.25, -0.2) is 0 Å². The number of benzene rings is 1. The van der Waals surface area contributed by atoms with E-state index in [1.54, 1.807) is 11.8 Å². The van der Waals surface area contributed by atoms with Crippen LogP contribution in [0.15, 0.2) is 30.5 Å². The Kier molecular flexibility index (Phi) is 2.92. The molecule has 0 unspecified atom stereocenters. The third-order valence-corrected chi connectivity index (χ3v) is 2.44. The standard InChI is InChI=1S/C12H14N2O2/c1-14-7-9(8-15)12(13-14)10-5-3-4-6-11(10)16-2/h3-7,15H,8H2,1-2H3. The van der Waals surface area contributed by atoms with Gasteiger partial charge in [-0.1, -0.05) is 12.1 Å². The lowest BCUT2D eigenvalue weighted by Gasteiger charge is -2.06. The summed E-state index contributed by atoms with van der Waals surface area (Å²) in [5.41, 5.74) is 2.46. The molecule has 0 saturated heterocycles. The second kappa shape index (κ2) is 4.37. The second-order valence-corrected chi connectivity index (χ2v) is 3.54. The van der Waals surface area contributed by atoms with Crippen molar-refractivity contribution >= 4 is 0 Å². The molecule has 0 aliphatic carbocycles. The molecule has 2 rings (SSSR count). The number of nitrogens with zero attached hydrogens (tertiary/aromatic N) is 2. The molecule has 4 heteroatoms. The number of aliphatic hydroxyl groups excluding tert-OH is 1. The van der Waals surface area contributed by atoms with Crippen LogP contribution in [-0.2, 0) is 13.7 Å². The zero-order chi connectivity index (χ0) is 11.5. The largest absolute Gasteiger partial charge is 0.496 e. The number of rotatable bonds is 3. The first-order valence-corrected chi connectivity index (χ1v) is 5.03. The highest BCUT2D eigenvalue weighted by atomic mass is 16.5. The summed E-state index contributed by atoms with van der Waals surface area (Å²) in [5.74, 6) is 0.760. The molecule has 1 heterocycles. The minimum Gasteiger partial charge on any atom is -0.496 e. The molecule has 0 radical (unpaired) electrons. The van der Waals surface area contributed by atoms with Crippen LogP contribution >= 0.6 is 0 Å². The molecule has 0 saturated carbocycles. The highest BCUT2D eigenvalue weighted by molar-refractivity contribution is 5.69. The summed E-state index contributed by atoms with van der Waals surface area (Å²) in [6, 6.07) is 7.64. The molecule has 1 aromatic heterocycles. The number of aliphatic hydroxyl groups is 1. The van der Waals surface area contributed by atoms with Gasteiger partial charge in [-0.2, -0.15) is 5.10 Å². The summed E-state index contributed by atoms with van der Waals surface area (Å²) in [7, 11) is 3.46. The maximum Gasteiger partial charge on any atom is 0.128 e. The van der Waals surface area contributed by atoms with E-state index in [1.165, 1.54) is 0 Å². The molecule has 0 aliphatic heterocycles. The lowest BCUT2D eigenvalue weighted by molar-refractivity contribution is 0.282. The second-order valence-electron chi connectivity index (χ2n) is 3.54. The minimum absolute atomic E-state index is 0.0266. The fourth-order valence-corrected chi connectivity index (χ4v) is 1.72. The van der Waals surface area contributed by atoms with Gasteiger partial charge in [-0.3, -0.25) is 4.68 Å². The first-order chi connectivity index (χ1) is 7.76. The molecule has 0 spiro atoms. The first kappa shape index (κ1) is 10.7. The van der Waals surface area contributed by atoms with Gasteiger partial charge >= 0.3 is 0 Å². The van der Waals surface area contributed by atoms with Gasteiger partial charge in [0.15, 0.2) is 0 Å². The van der Waals surface area contributed by atoms with Gasteiger partial charge in [0.05, 0.1) is 13.7 Å². The molecule has 0 atom stereocenters. The quantitative estimate of drug-likeness (QED) is 0.851. The van der Waals surface area contributed by atoms with Crippen LogP contribution in [-0.4, -0.2) is 22.0 Å². The number of methoxy groups -OCH3 is 1. The summed E-state index contributed by atoms with van der Waals surface area (Å²) in [4.78, 5) is 0. The van der Waals surface area contributed by atoms with E-state index in [1.807, 2.05) is 37.5 Å². The molecule has 2 aromatic rings. The van der Waals surface area contributed by atoms with E-state index in [0.717, 1.165) is 22.6 Å². The van der Waals surface area contributed by atoms with Gasteiger partial charge < -0.3 is 9.84 Å². The van der Waals surface area contributed by atoms with Crippen LogP contribution in [0.4, 0.5) is 0 Å².